The molecule has 0 unspecified atom stereocenters. The van der Waals surface area contributed by atoms with Crippen LogP contribution in [-0.4, -0.2) is 0 Å². The van der Waals surface area contributed by atoms with Crippen LogP contribution < -0.4 is 38.5 Å². The van der Waals surface area contributed by atoms with Gasteiger partial charge in [-0.05, 0) is 0 Å². The van der Waals surface area contributed by atoms with E-state index >= 15 is 0 Å². The molecule has 0 saturated carbocycles. The summed E-state index contributed by atoms with van der Waals surface area (Å²) in [5.74, 6) is 0. The molecule has 0 spiro atoms. The van der Waals surface area contributed by atoms with Gasteiger partial charge in [0.15, 0.2) is 0 Å². The summed E-state index contributed by atoms with van der Waals surface area (Å²) < 4.78 is 1.51. The first kappa shape index (κ1) is 20.4. The van der Waals surface area contributed by atoms with Gasteiger partial charge in [-0.3, -0.25) is 0 Å². The molecule has 25 heavy (non-hydrogen) atoms. The van der Waals surface area contributed by atoms with Gasteiger partial charge in [-0.1, -0.05) is 0 Å². The van der Waals surface area contributed by atoms with E-state index in [2.05, 4.69) is 69.3 Å². The molecule has 0 aliphatic heterocycles. The summed E-state index contributed by atoms with van der Waals surface area (Å²) in [4.78, 5) is 0. The van der Waals surface area contributed by atoms with Crippen LogP contribution in [0, 0.1) is 10.4 Å². The maximum atomic E-state index is 2.37. The number of hydrogen-bond donors (Lipinski definition) is 0. The maximum absolute atomic E-state index is 2.37. The second kappa shape index (κ2) is 7.79. The van der Waals surface area contributed by atoms with E-state index in [0.717, 1.165) is 6.42 Å². The van der Waals surface area contributed by atoms with E-state index in [-0.39, 0.29) is 24.8 Å². The van der Waals surface area contributed by atoms with Crippen molar-refractivity contribution in [2.45, 2.75) is 27.2 Å². The van der Waals surface area contributed by atoms with E-state index < -0.39 is 0 Å². The molecular formula is C22H19Cl2Zr. The van der Waals surface area contributed by atoms with Crippen LogP contribution in [0.5, 0.6) is 0 Å². The molecule has 0 heterocycles. The van der Waals surface area contributed by atoms with Crippen LogP contribution in [0.3, 0.4) is 0 Å². The number of allylic oxidation sites excluding steroid dienone is 4. The summed E-state index contributed by atoms with van der Waals surface area (Å²) in [7, 11) is 0. The van der Waals surface area contributed by atoms with E-state index in [1.54, 1.807) is 0 Å². The molecule has 2 aromatic rings. The van der Waals surface area contributed by atoms with Crippen molar-refractivity contribution in [2.24, 2.45) is 0 Å². The van der Waals surface area contributed by atoms with Gasteiger partial charge < -0.3 is 24.8 Å². The fourth-order valence-electron chi connectivity index (χ4n) is 3.75. The van der Waals surface area contributed by atoms with Gasteiger partial charge in [0, 0.05) is 0 Å². The summed E-state index contributed by atoms with van der Waals surface area (Å²) in [5, 5.41) is 5.65. The van der Waals surface area contributed by atoms with E-state index in [1.165, 1.54) is 76.7 Å². The maximum Gasteiger partial charge on any atom is -1.00 e. The molecule has 0 radical (unpaired) electrons. The third-order valence-corrected chi connectivity index (χ3v) is 6.12. The van der Waals surface area contributed by atoms with Crippen LogP contribution in [0.4, 0.5) is 0 Å². The SMILES string of the molecule is CC1=CCC(C2=c3ccccc3=c3ccc(=C(C)C)[c]([Zr+2])c32)=C1.[Cl-].[Cl-]. The fourth-order valence-corrected chi connectivity index (χ4v) is 5.20. The predicted molar refractivity (Wildman–Crippen MR) is 93.2 cm³/mol. The standard InChI is InChI=1S/C22H19.2ClH.Zr/c1-14(2)16-10-11-19-18-6-4-5-7-20(18)22(21(19)13-16)17-9-8-15(3)12-17;;;/h4-8,10-12H,9H2,1-3H3;2*1H;/q;;;+2/p-2. The zero-order chi connectivity index (χ0) is 16.1. The van der Waals surface area contributed by atoms with Gasteiger partial charge >= 0.3 is 152 Å². The molecule has 0 N–H and O–H groups in total. The van der Waals surface area contributed by atoms with Crippen LogP contribution in [0.25, 0.3) is 11.1 Å². The molecule has 0 bridgehead atoms. The Morgan fingerprint density at radius 1 is 0.920 bits per heavy atom. The van der Waals surface area contributed by atoms with E-state index in [9.17, 15) is 0 Å². The number of halogens is 2. The molecule has 4 rings (SSSR count). The first-order chi connectivity index (χ1) is 11.1. The van der Waals surface area contributed by atoms with Gasteiger partial charge in [0.1, 0.15) is 0 Å². The number of fused-ring (bicyclic) bond motifs is 2. The summed E-state index contributed by atoms with van der Waals surface area (Å²) in [6.45, 7) is 6.64. The molecule has 125 valence electrons. The van der Waals surface area contributed by atoms with Gasteiger partial charge in [0.25, 0.3) is 0 Å². The van der Waals surface area contributed by atoms with Gasteiger partial charge in [-0.25, -0.2) is 0 Å². The zero-order valence-corrected chi connectivity index (χ0v) is 18.6. The Bertz CT molecular complexity index is 1120. The van der Waals surface area contributed by atoms with Crippen molar-refractivity contribution in [3.8, 4) is 0 Å². The molecular weight excluding hydrogens is 426 g/mol. The normalized spacial score (nSPS) is 14.0. The average molecular weight is 446 g/mol. The minimum Gasteiger partial charge on any atom is -1.00 e. The molecule has 3 heteroatoms. The molecule has 2 aliphatic carbocycles. The van der Waals surface area contributed by atoms with Crippen molar-refractivity contribution >= 4 is 14.4 Å². The molecule has 0 fully saturated rings. The van der Waals surface area contributed by atoms with Crippen LogP contribution in [-0.2, 0) is 24.7 Å². The van der Waals surface area contributed by atoms with Crippen molar-refractivity contribution in [3.05, 3.63) is 86.1 Å². The van der Waals surface area contributed by atoms with Gasteiger partial charge in [0.2, 0.25) is 0 Å². The topological polar surface area (TPSA) is 0 Å². The van der Waals surface area contributed by atoms with Crippen LogP contribution in [0.2, 0.25) is 0 Å². The first-order valence-electron chi connectivity index (χ1n) is 8.12. The molecule has 0 aromatic heterocycles. The smallest absolute Gasteiger partial charge is 1.00 e. The van der Waals surface area contributed by atoms with Crippen molar-refractivity contribution in [1.29, 1.82) is 0 Å². The monoisotopic (exact) mass is 443 g/mol. The van der Waals surface area contributed by atoms with Crippen LogP contribution >= 0.6 is 0 Å². The largest absolute Gasteiger partial charge is 1.00 e. The van der Waals surface area contributed by atoms with Gasteiger partial charge in [-0.2, -0.15) is 0 Å². The molecule has 0 saturated heterocycles. The fraction of sp³-hybridized carbons (Fsp3) is 0.182. The van der Waals surface area contributed by atoms with Crippen molar-refractivity contribution in [2.75, 3.05) is 0 Å². The van der Waals surface area contributed by atoms with Gasteiger partial charge in [0.05, 0.1) is 0 Å². The molecule has 0 amide bonds. The molecule has 2 aliphatic rings. The van der Waals surface area contributed by atoms with Crippen LogP contribution in [0.1, 0.15) is 32.8 Å². The average Bonchev–Trinajstić information content (AvgIpc) is 3.09. The zero-order valence-electron chi connectivity index (χ0n) is 14.6. The molecule has 2 aromatic carbocycles. The summed E-state index contributed by atoms with van der Waals surface area (Å²) >= 11 is 1.50. The third kappa shape index (κ3) is 3.28. The Labute approximate surface area is 176 Å². The van der Waals surface area contributed by atoms with Crippen molar-refractivity contribution < 1.29 is 49.5 Å². The summed E-state index contributed by atoms with van der Waals surface area (Å²) in [6.07, 6.45) is 5.77. The second-order valence-electron chi connectivity index (χ2n) is 6.65. The van der Waals surface area contributed by atoms with E-state index in [4.69, 9.17) is 0 Å². The van der Waals surface area contributed by atoms with Crippen LogP contribution in [0.15, 0.2) is 59.7 Å². The molecule has 0 nitrogen and oxygen atoms in total. The Morgan fingerprint density at radius 2 is 1.60 bits per heavy atom. The predicted octanol–water partition coefficient (Wildman–Crippen LogP) is -2.87. The third-order valence-electron chi connectivity index (χ3n) is 4.85. The van der Waals surface area contributed by atoms with Gasteiger partial charge in [-0.15, -0.1) is 0 Å². The first-order valence-corrected chi connectivity index (χ1v) is 9.34. The number of hydrogen-bond acceptors (Lipinski definition) is 0. The minimum atomic E-state index is 0. The summed E-state index contributed by atoms with van der Waals surface area (Å²) in [6, 6.07) is 13.5. The Hall–Kier alpha value is -0.877. The quantitative estimate of drug-likeness (QED) is 0.443. The number of benzene rings is 2. The Balaban J connectivity index is 0.00000113. The van der Waals surface area contributed by atoms with Crippen molar-refractivity contribution in [3.63, 3.8) is 0 Å². The van der Waals surface area contributed by atoms with E-state index in [1.807, 2.05) is 0 Å². The summed E-state index contributed by atoms with van der Waals surface area (Å²) in [5.41, 5.74) is 7.22. The number of rotatable bonds is 1. The van der Waals surface area contributed by atoms with E-state index in [0.29, 0.717) is 0 Å². The van der Waals surface area contributed by atoms with Crippen molar-refractivity contribution in [1.82, 2.24) is 0 Å². The Morgan fingerprint density at radius 3 is 2.20 bits per heavy atom. The Kier molecular flexibility index (Phi) is 6.37. The minimum absolute atomic E-state index is 0. The second-order valence-corrected chi connectivity index (χ2v) is 7.88. The molecule has 0 atom stereocenters.